The first-order valence-corrected chi connectivity index (χ1v) is 11.8. The smallest absolute Gasteiger partial charge is 0.343 e. The third-order valence-electron chi connectivity index (χ3n) is 5.56. The number of carbonyl (C=O) groups is 1. The number of nitrogens with zero attached hydrogens (tertiary/aromatic N) is 3. The van der Waals surface area contributed by atoms with Crippen LogP contribution < -0.4 is 4.74 Å². The van der Waals surface area contributed by atoms with Crippen molar-refractivity contribution in [1.82, 2.24) is 9.97 Å². The third-order valence-corrected chi connectivity index (χ3v) is 5.56. The molecule has 5 nitrogen and oxygen atoms in total. The van der Waals surface area contributed by atoms with E-state index in [1.54, 1.807) is 30.3 Å². The minimum atomic E-state index is -0.496. The molecule has 1 heterocycles. The number of carbonyl (C=O) groups excluding carboxylic acids is 1. The minimum Gasteiger partial charge on any atom is -0.422 e. The summed E-state index contributed by atoms with van der Waals surface area (Å²) in [5, 5.41) is 9.53. The van der Waals surface area contributed by atoms with Crippen LogP contribution in [0.4, 0.5) is 0 Å². The molecule has 0 bridgehead atoms. The zero-order chi connectivity index (χ0) is 23.5. The van der Waals surface area contributed by atoms with Crippen LogP contribution in [0.3, 0.4) is 0 Å². The molecule has 1 aromatic heterocycles. The maximum absolute atomic E-state index is 12.6. The lowest BCUT2D eigenvalue weighted by Crippen LogP contribution is -2.09. The summed E-state index contributed by atoms with van der Waals surface area (Å²) in [6, 6.07) is 14.6. The molecule has 0 aliphatic rings. The molecule has 0 spiro atoms. The van der Waals surface area contributed by atoms with E-state index in [-0.39, 0.29) is 5.75 Å². The molecule has 2 aromatic carbocycles. The van der Waals surface area contributed by atoms with Crippen molar-refractivity contribution in [1.29, 1.82) is 5.26 Å². The molecule has 0 radical (unpaired) electrons. The Kier molecular flexibility index (Phi) is 9.14. The second-order valence-electron chi connectivity index (χ2n) is 8.24. The first-order chi connectivity index (χ1) is 16.1. The van der Waals surface area contributed by atoms with Crippen molar-refractivity contribution in [2.45, 2.75) is 65.2 Å². The normalized spacial score (nSPS) is 10.6. The van der Waals surface area contributed by atoms with E-state index < -0.39 is 5.97 Å². The van der Waals surface area contributed by atoms with Gasteiger partial charge in [-0.1, -0.05) is 64.2 Å². The van der Waals surface area contributed by atoms with Crippen molar-refractivity contribution in [2.75, 3.05) is 0 Å². The maximum atomic E-state index is 12.6. The summed E-state index contributed by atoms with van der Waals surface area (Å²) >= 11 is 0. The van der Waals surface area contributed by atoms with Crippen molar-refractivity contribution in [3.8, 4) is 23.2 Å². The average molecular weight is 442 g/mol. The number of hydrogen-bond acceptors (Lipinski definition) is 5. The Labute approximate surface area is 196 Å². The summed E-state index contributed by atoms with van der Waals surface area (Å²) in [6.07, 6.45) is 12.6. The second kappa shape index (κ2) is 12.5. The van der Waals surface area contributed by atoms with Crippen molar-refractivity contribution in [3.05, 3.63) is 77.1 Å². The van der Waals surface area contributed by atoms with Gasteiger partial charge in [0.2, 0.25) is 0 Å². The lowest BCUT2D eigenvalue weighted by molar-refractivity contribution is 0.0734. The van der Waals surface area contributed by atoms with E-state index in [9.17, 15) is 10.1 Å². The Morgan fingerprint density at radius 2 is 1.61 bits per heavy atom. The SMILES string of the molecule is CCCCCCCc1ccc(OC(=O)c2ccc(-c3ncc(CCC)cn3)cc2)c(C#N)c1. The van der Waals surface area contributed by atoms with E-state index >= 15 is 0 Å². The highest BCUT2D eigenvalue weighted by atomic mass is 16.5. The van der Waals surface area contributed by atoms with Crippen molar-refractivity contribution >= 4 is 5.97 Å². The zero-order valence-electron chi connectivity index (χ0n) is 19.5. The van der Waals surface area contributed by atoms with E-state index in [2.05, 4.69) is 29.9 Å². The van der Waals surface area contributed by atoms with Crippen LogP contribution in [0.5, 0.6) is 5.75 Å². The third kappa shape index (κ3) is 6.98. The first kappa shape index (κ1) is 24.1. The summed E-state index contributed by atoms with van der Waals surface area (Å²) in [5.74, 6) is 0.410. The molecule has 0 saturated heterocycles. The highest BCUT2D eigenvalue weighted by Gasteiger charge is 2.13. The van der Waals surface area contributed by atoms with E-state index in [1.165, 1.54) is 25.7 Å². The van der Waals surface area contributed by atoms with Crippen LogP contribution in [0.25, 0.3) is 11.4 Å². The number of aromatic nitrogens is 2. The molecule has 0 saturated carbocycles. The van der Waals surface area contributed by atoms with E-state index in [0.29, 0.717) is 17.0 Å². The van der Waals surface area contributed by atoms with Crippen LogP contribution in [0.15, 0.2) is 54.9 Å². The molecular weight excluding hydrogens is 410 g/mol. The van der Waals surface area contributed by atoms with Crippen LogP contribution >= 0.6 is 0 Å². The number of nitriles is 1. The van der Waals surface area contributed by atoms with Gasteiger partial charge in [-0.25, -0.2) is 14.8 Å². The lowest BCUT2D eigenvalue weighted by Gasteiger charge is -2.09. The Morgan fingerprint density at radius 3 is 2.27 bits per heavy atom. The van der Waals surface area contributed by atoms with Crippen LogP contribution in [0, 0.1) is 11.3 Å². The Morgan fingerprint density at radius 1 is 0.879 bits per heavy atom. The number of hydrogen-bond donors (Lipinski definition) is 0. The quantitative estimate of drug-likeness (QED) is 0.188. The highest BCUT2D eigenvalue weighted by molar-refractivity contribution is 5.91. The van der Waals surface area contributed by atoms with Gasteiger partial charge in [0.05, 0.1) is 11.1 Å². The number of ether oxygens (including phenoxy) is 1. The van der Waals surface area contributed by atoms with Crippen molar-refractivity contribution in [3.63, 3.8) is 0 Å². The number of rotatable bonds is 11. The fourth-order valence-corrected chi connectivity index (χ4v) is 3.68. The summed E-state index contributed by atoms with van der Waals surface area (Å²) in [7, 11) is 0. The molecular formula is C28H31N3O2. The second-order valence-corrected chi connectivity index (χ2v) is 8.24. The molecule has 0 aliphatic heterocycles. The molecule has 0 amide bonds. The van der Waals surface area contributed by atoms with Gasteiger partial charge in [0.15, 0.2) is 5.82 Å². The van der Waals surface area contributed by atoms with Gasteiger partial charge in [0.1, 0.15) is 11.8 Å². The zero-order valence-corrected chi connectivity index (χ0v) is 19.5. The highest BCUT2D eigenvalue weighted by Crippen LogP contribution is 2.23. The molecule has 0 N–H and O–H groups in total. The number of aryl methyl sites for hydroxylation is 2. The molecule has 0 fully saturated rings. The monoisotopic (exact) mass is 441 g/mol. The van der Waals surface area contributed by atoms with E-state index in [1.807, 2.05) is 24.5 Å². The molecule has 0 unspecified atom stereocenters. The summed E-state index contributed by atoms with van der Waals surface area (Å²) in [5.41, 5.74) is 3.82. The number of unbranched alkanes of at least 4 members (excludes halogenated alkanes) is 4. The Bertz CT molecular complexity index is 1080. The van der Waals surface area contributed by atoms with Crippen LogP contribution in [-0.4, -0.2) is 15.9 Å². The Hall–Kier alpha value is -3.52. The van der Waals surface area contributed by atoms with Gasteiger partial charge in [-0.15, -0.1) is 0 Å². The standard InChI is InChI=1S/C28H31N3O2/c1-3-5-6-7-8-10-21-11-16-26(25(17-21)18-29)33-28(32)24-14-12-23(13-15-24)27-30-19-22(9-4-2)20-31-27/h11-17,19-20H,3-10H2,1-2H3. The predicted molar refractivity (Wildman–Crippen MR) is 130 cm³/mol. The molecule has 3 rings (SSSR count). The van der Waals surface area contributed by atoms with Crippen molar-refractivity contribution < 1.29 is 9.53 Å². The summed E-state index contributed by atoms with van der Waals surface area (Å²) < 4.78 is 5.53. The van der Waals surface area contributed by atoms with Gasteiger partial charge in [-0.2, -0.15) is 5.26 Å². The number of benzene rings is 2. The molecule has 0 aliphatic carbocycles. The van der Waals surface area contributed by atoms with Gasteiger partial charge in [0.25, 0.3) is 0 Å². The lowest BCUT2D eigenvalue weighted by atomic mass is 10.0. The van der Waals surface area contributed by atoms with Crippen molar-refractivity contribution in [2.24, 2.45) is 0 Å². The minimum absolute atomic E-state index is 0.288. The van der Waals surface area contributed by atoms with Gasteiger partial charge in [0, 0.05) is 18.0 Å². The molecule has 33 heavy (non-hydrogen) atoms. The van der Waals surface area contributed by atoms with Gasteiger partial charge in [-0.3, -0.25) is 0 Å². The summed E-state index contributed by atoms with van der Waals surface area (Å²) in [6.45, 7) is 4.32. The van der Waals surface area contributed by atoms with Gasteiger partial charge in [-0.05, 0) is 54.7 Å². The molecule has 170 valence electrons. The van der Waals surface area contributed by atoms with E-state index in [4.69, 9.17) is 4.74 Å². The van der Waals surface area contributed by atoms with Gasteiger partial charge < -0.3 is 4.74 Å². The number of esters is 1. The fraction of sp³-hybridized carbons (Fsp3) is 0.357. The molecule has 5 heteroatoms. The van der Waals surface area contributed by atoms with Gasteiger partial charge >= 0.3 is 5.97 Å². The van der Waals surface area contributed by atoms with Crippen LogP contribution in [0.2, 0.25) is 0 Å². The maximum Gasteiger partial charge on any atom is 0.343 e. The van der Waals surface area contributed by atoms with Crippen LogP contribution in [0.1, 0.15) is 79.4 Å². The topological polar surface area (TPSA) is 75.9 Å². The molecule has 3 aromatic rings. The predicted octanol–water partition coefficient (Wildman–Crippen LogP) is 6.70. The van der Waals surface area contributed by atoms with Crippen LogP contribution in [-0.2, 0) is 12.8 Å². The summed E-state index contributed by atoms with van der Waals surface area (Å²) in [4.78, 5) is 21.5. The first-order valence-electron chi connectivity index (χ1n) is 11.8. The Balaban J connectivity index is 1.62. The average Bonchev–Trinajstić information content (AvgIpc) is 2.85. The van der Waals surface area contributed by atoms with E-state index in [0.717, 1.165) is 42.4 Å². The molecule has 0 atom stereocenters. The largest absolute Gasteiger partial charge is 0.422 e. The fourth-order valence-electron chi connectivity index (χ4n) is 3.68.